The summed E-state index contributed by atoms with van der Waals surface area (Å²) in [6, 6.07) is 11.3. The molecule has 0 aromatic heterocycles. The number of nitrogens with zero attached hydrogens (tertiary/aromatic N) is 1. The van der Waals surface area contributed by atoms with Gasteiger partial charge in [-0.3, -0.25) is 4.79 Å². The SMILES string of the molecule is Cc1ccc(S(=O)(=O)N2CCC(C(=O)NC(C)c3ccc(S(C)(=O)=O)cc3)CC2)cc1C. The number of piperidine rings is 1. The third-order valence-corrected chi connectivity index (χ3v) is 9.13. The van der Waals surface area contributed by atoms with Gasteiger partial charge in [-0.05, 0) is 74.6 Å². The lowest BCUT2D eigenvalue weighted by atomic mass is 9.96. The van der Waals surface area contributed by atoms with Gasteiger partial charge in [0.25, 0.3) is 0 Å². The first kappa shape index (κ1) is 24.4. The van der Waals surface area contributed by atoms with Crippen LogP contribution in [0.25, 0.3) is 0 Å². The number of hydrogen-bond acceptors (Lipinski definition) is 5. The van der Waals surface area contributed by atoms with Crippen LogP contribution in [0.4, 0.5) is 0 Å². The van der Waals surface area contributed by atoms with E-state index in [1.165, 1.54) is 16.4 Å². The number of sulfone groups is 1. The smallest absolute Gasteiger partial charge is 0.243 e. The van der Waals surface area contributed by atoms with Gasteiger partial charge in [0.2, 0.25) is 15.9 Å². The number of carbonyl (C=O) groups is 1. The van der Waals surface area contributed by atoms with Crippen LogP contribution in [-0.4, -0.2) is 46.4 Å². The molecule has 0 radical (unpaired) electrons. The summed E-state index contributed by atoms with van der Waals surface area (Å²) in [5, 5.41) is 2.97. The summed E-state index contributed by atoms with van der Waals surface area (Å²) in [7, 11) is -6.85. The summed E-state index contributed by atoms with van der Waals surface area (Å²) < 4.78 is 50.6. The Kier molecular flexibility index (Phi) is 7.12. The van der Waals surface area contributed by atoms with Gasteiger partial charge in [0.15, 0.2) is 9.84 Å². The maximum atomic E-state index is 13.0. The van der Waals surface area contributed by atoms with E-state index in [1.54, 1.807) is 24.3 Å². The molecule has 1 N–H and O–H groups in total. The molecule has 32 heavy (non-hydrogen) atoms. The fourth-order valence-corrected chi connectivity index (χ4v) is 5.99. The maximum absolute atomic E-state index is 13.0. The summed E-state index contributed by atoms with van der Waals surface area (Å²) in [6.45, 7) is 6.26. The van der Waals surface area contributed by atoms with Gasteiger partial charge in [-0.1, -0.05) is 18.2 Å². The Morgan fingerprint density at radius 3 is 2.03 bits per heavy atom. The van der Waals surface area contributed by atoms with Crippen molar-refractivity contribution in [3.05, 3.63) is 59.2 Å². The van der Waals surface area contributed by atoms with Crippen molar-refractivity contribution in [1.82, 2.24) is 9.62 Å². The zero-order valence-electron chi connectivity index (χ0n) is 18.8. The molecule has 2 aromatic rings. The number of hydrogen-bond donors (Lipinski definition) is 1. The second-order valence-corrected chi connectivity index (χ2v) is 12.4. The third-order valence-electron chi connectivity index (χ3n) is 6.11. The molecule has 1 atom stereocenters. The van der Waals surface area contributed by atoms with E-state index in [1.807, 2.05) is 26.8 Å². The lowest BCUT2D eigenvalue weighted by Gasteiger charge is -2.31. The Balaban J connectivity index is 1.59. The quantitative estimate of drug-likeness (QED) is 0.688. The van der Waals surface area contributed by atoms with Gasteiger partial charge in [-0.25, -0.2) is 16.8 Å². The Morgan fingerprint density at radius 1 is 0.938 bits per heavy atom. The predicted molar refractivity (Wildman–Crippen MR) is 124 cm³/mol. The monoisotopic (exact) mass is 478 g/mol. The number of aryl methyl sites for hydroxylation is 2. The Bertz CT molecular complexity index is 1200. The fraction of sp³-hybridized carbons (Fsp3) is 0.435. The van der Waals surface area contributed by atoms with Gasteiger partial charge in [0.1, 0.15) is 0 Å². The molecule has 0 spiro atoms. The summed E-state index contributed by atoms with van der Waals surface area (Å²) in [4.78, 5) is 13.3. The standard InChI is InChI=1S/C23H30N2O5S2/c1-16-5-8-22(15-17(16)2)32(29,30)25-13-11-20(12-14-25)23(26)24-18(3)19-6-9-21(10-7-19)31(4,27)28/h5-10,15,18,20H,11-14H2,1-4H3,(H,24,26). The second-order valence-electron chi connectivity index (χ2n) is 8.50. The molecule has 7 nitrogen and oxygen atoms in total. The number of amides is 1. The van der Waals surface area contributed by atoms with Crippen LogP contribution in [0.3, 0.4) is 0 Å². The van der Waals surface area contributed by atoms with Crippen molar-refractivity contribution >= 4 is 25.8 Å². The first-order valence-corrected chi connectivity index (χ1v) is 13.9. The summed E-state index contributed by atoms with van der Waals surface area (Å²) in [5.74, 6) is -0.383. The van der Waals surface area contributed by atoms with Crippen LogP contribution in [0.2, 0.25) is 0 Å². The van der Waals surface area contributed by atoms with E-state index in [0.717, 1.165) is 22.9 Å². The summed E-state index contributed by atoms with van der Waals surface area (Å²) in [6.07, 6.45) is 2.06. The van der Waals surface area contributed by atoms with Crippen LogP contribution < -0.4 is 5.32 Å². The zero-order valence-corrected chi connectivity index (χ0v) is 20.5. The highest BCUT2D eigenvalue weighted by Gasteiger charge is 2.32. The highest BCUT2D eigenvalue weighted by atomic mass is 32.2. The normalized spacial score (nSPS) is 17.1. The predicted octanol–water partition coefficient (Wildman–Crippen LogP) is 2.99. The zero-order chi connectivity index (χ0) is 23.7. The van der Waals surface area contributed by atoms with Crippen LogP contribution in [0.5, 0.6) is 0 Å². The molecule has 1 aliphatic heterocycles. The van der Waals surface area contributed by atoms with Crippen molar-refractivity contribution < 1.29 is 21.6 Å². The molecule has 2 aromatic carbocycles. The Hall–Kier alpha value is -2.23. The van der Waals surface area contributed by atoms with E-state index in [-0.39, 0.29) is 27.7 Å². The van der Waals surface area contributed by atoms with E-state index in [9.17, 15) is 21.6 Å². The van der Waals surface area contributed by atoms with Gasteiger partial charge >= 0.3 is 0 Å². The minimum Gasteiger partial charge on any atom is -0.349 e. The van der Waals surface area contributed by atoms with Gasteiger partial charge in [0, 0.05) is 25.3 Å². The molecule has 174 valence electrons. The third kappa shape index (κ3) is 5.39. The number of benzene rings is 2. The van der Waals surface area contributed by atoms with Crippen molar-refractivity contribution in [2.45, 2.75) is 49.4 Å². The molecule has 1 unspecified atom stereocenters. The minimum absolute atomic E-state index is 0.118. The van der Waals surface area contributed by atoms with Gasteiger partial charge in [-0.15, -0.1) is 0 Å². The van der Waals surface area contributed by atoms with Crippen molar-refractivity contribution in [3.63, 3.8) is 0 Å². The van der Waals surface area contributed by atoms with Crippen molar-refractivity contribution in [3.8, 4) is 0 Å². The van der Waals surface area contributed by atoms with E-state index >= 15 is 0 Å². The maximum Gasteiger partial charge on any atom is 0.243 e. The highest BCUT2D eigenvalue weighted by molar-refractivity contribution is 7.90. The minimum atomic E-state index is -3.58. The van der Waals surface area contributed by atoms with E-state index in [4.69, 9.17) is 0 Å². The average molecular weight is 479 g/mol. The molecule has 1 saturated heterocycles. The first-order chi connectivity index (χ1) is 14.9. The van der Waals surface area contributed by atoms with E-state index in [2.05, 4.69) is 5.32 Å². The molecular formula is C23H30N2O5S2. The average Bonchev–Trinajstić information content (AvgIpc) is 2.75. The second kappa shape index (κ2) is 9.33. The molecule has 0 bridgehead atoms. The molecule has 1 fully saturated rings. The lowest BCUT2D eigenvalue weighted by Crippen LogP contribution is -2.43. The van der Waals surface area contributed by atoms with Crippen LogP contribution in [0.15, 0.2) is 52.3 Å². The number of carbonyl (C=O) groups excluding carboxylic acids is 1. The van der Waals surface area contributed by atoms with Crippen molar-refractivity contribution in [2.75, 3.05) is 19.3 Å². The van der Waals surface area contributed by atoms with Crippen LogP contribution in [-0.2, 0) is 24.7 Å². The molecule has 1 heterocycles. The molecule has 1 aliphatic rings. The van der Waals surface area contributed by atoms with Gasteiger partial charge in [-0.2, -0.15) is 4.31 Å². The van der Waals surface area contributed by atoms with Crippen LogP contribution >= 0.6 is 0 Å². The largest absolute Gasteiger partial charge is 0.349 e. The molecule has 3 rings (SSSR count). The first-order valence-electron chi connectivity index (χ1n) is 10.6. The van der Waals surface area contributed by atoms with Crippen molar-refractivity contribution in [1.29, 1.82) is 0 Å². The van der Waals surface area contributed by atoms with Gasteiger partial charge < -0.3 is 5.32 Å². The molecular weight excluding hydrogens is 448 g/mol. The fourth-order valence-electron chi connectivity index (χ4n) is 3.80. The molecule has 9 heteroatoms. The van der Waals surface area contributed by atoms with Crippen molar-refractivity contribution in [2.24, 2.45) is 5.92 Å². The highest BCUT2D eigenvalue weighted by Crippen LogP contribution is 2.26. The molecule has 1 amide bonds. The number of sulfonamides is 1. The molecule has 0 saturated carbocycles. The summed E-state index contributed by atoms with van der Waals surface area (Å²) >= 11 is 0. The Labute approximate surface area is 190 Å². The van der Waals surface area contributed by atoms with Crippen LogP contribution in [0, 0.1) is 19.8 Å². The topological polar surface area (TPSA) is 101 Å². The Morgan fingerprint density at radius 2 is 1.50 bits per heavy atom. The molecule has 0 aliphatic carbocycles. The van der Waals surface area contributed by atoms with Crippen LogP contribution in [0.1, 0.15) is 42.5 Å². The van der Waals surface area contributed by atoms with Gasteiger partial charge in [0.05, 0.1) is 15.8 Å². The lowest BCUT2D eigenvalue weighted by molar-refractivity contribution is -0.126. The number of rotatable bonds is 6. The summed E-state index contributed by atoms with van der Waals surface area (Å²) in [5.41, 5.74) is 2.78. The number of nitrogens with one attached hydrogen (secondary N) is 1. The van der Waals surface area contributed by atoms with E-state index in [0.29, 0.717) is 25.9 Å². The van der Waals surface area contributed by atoms with E-state index < -0.39 is 19.9 Å².